The van der Waals surface area contributed by atoms with Crippen molar-refractivity contribution in [3.05, 3.63) is 20.8 Å². The molecule has 1 aliphatic carbocycles. The molecule has 19 heavy (non-hydrogen) atoms. The van der Waals surface area contributed by atoms with Crippen LogP contribution in [0, 0.1) is 5.92 Å². The summed E-state index contributed by atoms with van der Waals surface area (Å²) in [4.78, 5) is 19.4. The molecule has 0 fully saturated rings. The molecule has 0 saturated carbocycles. The lowest BCUT2D eigenvalue weighted by atomic mass is 9.89. The van der Waals surface area contributed by atoms with Gasteiger partial charge < -0.3 is 0 Å². The minimum atomic E-state index is 0.0747. The van der Waals surface area contributed by atoms with Crippen molar-refractivity contribution in [2.24, 2.45) is 11.0 Å². The second-order valence-corrected chi connectivity index (χ2v) is 6.39. The second-order valence-electron chi connectivity index (χ2n) is 5.31. The molecule has 0 radical (unpaired) electrons. The third kappa shape index (κ3) is 1.56. The Morgan fingerprint density at radius 1 is 1.53 bits per heavy atom. The Morgan fingerprint density at radius 3 is 3.32 bits per heavy atom. The van der Waals surface area contributed by atoms with Gasteiger partial charge in [-0.05, 0) is 30.7 Å². The van der Waals surface area contributed by atoms with E-state index < -0.39 is 0 Å². The highest BCUT2D eigenvalue weighted by Gasteiger charge is 2.24. The van der Waals surface area contributed by atoms with E-state index in [2.05, 4.69) is 22.4 Å². The summed E-state index contributed by atoms with van der Waals surface area (Å²) in [5.41, 5.74) is 4.13. The highest BCUT2D eigenvalue weighted by molar-refractivity contribution is 7.18. The number of thiophene rings is 1. The average molecular weight is 274 g/mol. The largest absolute Gasteiger partial charge is 0.271 e. The lowest BCUT2D eigenvalue weighted by Gasteiger charge is -2.18. The van der Waals surface area contributed by atoms with Gasteiger partial charge in [-0.2, -0.15) is 5.10 Å². The number of aryl methyl sites for hydroxylation is 1. The minimum Gasteiger partial charge on any atom is -0.271 e. The highest BCUT2D eigenvalue weighted by Crippen LogP contribution is 2.36. The summed E-state index contributed by atoms with van der Waals surface area (Å²) in [6.45, 7) is 2.78. The van der Waals surface area contributed by atoms with Crippen LogP contribution >= 0.6 is 11.3 Å². The third-order valence-electron chi connectivity index (χ3n) is 3.94. The minimum absolute atomic E-state index is 0.0747. The van der Waals surface area contributed by atoms with Crippen molar-refractivity contribution in [1.29, 1.82) is 0 Å². The van der Waals surface area contributed by atoms with Crippen LogP contribution in [0.4, 0.5) is 5.95 Å². The standard InChI is InChI=1S/C13H14N4OS/c1-7-2-3-8-9(6-7)19-11-10(8)12(18)17-5-4-14-16-13(17)15-11/h4,7H,2-3,5-6H2,1H3,(H,15,16)/t7-/m0/s1. The quantitative estimate of drug-likeness (QED) is 0.799. The fourth-order valence-electron chi connectivity index (χ4n) is 2.90. The van der Waals surface area contributed by atoms with Crippen LogP contribution in [0.5, 0.6) is 0 Å². The number of anilines is 1. The van der Waals surface area contributed by atoms with Crippen LogP contribution < -0.4 is 11.0 Å². The van der Waals surface area contributed by atoms with Crippen molar-refractivity contribution in [2.45, 2.75) is 32.7 Å². The molecule has 98 valence electrons. The smallest absolute Gasteiger partial charge is 0.264 e. The van der Waals surface area contributed by atoms with Crippen LogP contribution in [-0.4, -0.2) is 15.8 Å². The van der Waals surface area contributed by atoms with E-state index in [9.17, 15) is 4.79 Å². The number of nitrogens with one attached hydrogen (secondary N) is 1. The summed E-state index contributed by atoms with van der Waals surface area (Å²) < 4.78 is 1.67. The number of nitrogens with zero attached hydrogens (tertiary/aromatic N) is 3. The van der Waals surface area contributed by atoms with E-state index in [0.717, 1.165) is 23.1 Å². The lowest BCUT2D eigenvalue weighted by molar-refractivity contribution is 0.509. The number of hydrogen-bond donors (Lipinski definition) is 1. The van der Waals surface area contributed by atoms with Gasteiger partial charge in [-0.25, -0.2) is 10.4 Å². The normalized spacial score (nSPS) is 21.0. The number of hydrazone groups is 1. The molecule has 0 bridgehead atoms. The molecule has 2 aliphatic rings. The summed E-state index contributed by atoms with van der Waals surface area (Å²) in [5.74, 6) is 1.27. The first kappa shape index (κ1) is 11.2. The number of hydrogen-bond acceptors (Lipinski definition) is 5. The van der Waals surface area contributed by atoms with Crippen molar-refractivity contribution in [2.75, 3.05) is 5.43 Å². The first-order valence-corrected chi connectivity index (χ1v) is 7.38. The number of rotatable bonds is 0. The van der Waals surface area contributed by atoms with Gasteiger partial charge in [-0.15, -0.1) is 11.3 Å². The van der Waals surface area contributed by atoms with E-state index in [1.807, 2.05) is 0 Å². The maximum Gasteiger partial charge on any atom is 0.264 e. The van der Waals surface area contributed by atoms with Crippen molar-refractivity contribution >= 4 is 33.7 Å². The topological polar surface area (TPSA) is 59.3 Å². The molecule has 0 amide bonds. The number of fused-ring (bicyclic) bond motifs is 4. The molecule has 0 saturated heterocycles. The first-order valence-electron chi connectivity index (χ1n) is 6.56. The van der Waals surface area contributed by atoms with Gasteiger partial charge in [0.1, 0.15) is 4.83 Å². The van der Waals surface area contributed by atoms with Gasteiger partial charge in [0, 0.05) is 11.1 Å². The van der Waals surface area contributed by atoms with Crippen LogP contribution in [0.15, 0.2) is 9.90 Å². The van der Waals surface area contributed by atoms with Gasteiger partial charge in [0.15, 0.2) is 0 Å². The maximum atomic E-state index is 12.6. The van der Waals surface area contributed by atoms with Gasteiger partial charge in [0.05, 0.1) is 11.9 Å². The first-order chi connectivity index (χ1) is 9.24. The van der Waals surface area contributed by atoms with E-state index >= 15 is 0 Å². The van der Waals surface area contributed by atoms with Gasteiger partial charge in [-0.3, -0.25) is 9.36 Å². The van der Waals surface area contributed by atoms with E-state index in [4.69, 9.17) is 0 Å². The molecular formula is C13H14N4OS. The van der Waals surface area contributed by atoms with E-state index in [1.165, 1.54) is 16.9 Å². The summed E-state index contributed by atoms with van der Waals surface area (Å²) in [7, 11) is 0. The van der Waals surface area contributed by atoms with Gasteiger partial charge in [0.2, 0.25) is 5.95 Å². The molecule has 0 spiro atoms. The predicted octanol–water partition coefficient (Wildman–Crippen LogP) is 1.99. The fraction of sp³-hybridized carbons (Fsp3) is 0.462. The average Bonchev–Trinajstić information content (AvgIpc) is 2.76. The molecule has 1 N–H and O–H groups in total. The Labute approximate surface area is 114 Å². The van der Waals surface area contributed by atoms with Gasteiger partial charge in [-0.1, -0.05) is 6.92 Å². The zero-order valence-corrected chi connectivity index (χ0v) is 11.5. The molecule has 1 atom stereocenters. The Bertz CT molecular complexity index is 758. The molecule has 2 aromatic heterocycles. The SMILES string of the molecule is C[C@H]1CCc2c(sc3nc4n(c(=O)c23)CC=NN4)C1. The van der Waals surface area contributed by atoms with Gasteiger partial charge in [0.25, 0.3) is 5.56 Å². The van der Waals surface area contributed by atoms with Gasteiger partial charge >= 0.3 is 0 Å². The molecule has 1 aliphatic heterocycles. The lowest BCUT2D eigenvalue weighted by Crippen LogP contribution is -2.27. The van der Waals surface area contributed by atoms with Crippen LogP contribution in [0.1, 0.15) is 23.8 Å². The van der Waals surface area contributed by atoms with Crippen LogP contribution in [0.3, 0.4) is 0 Å². The second kappa shape index (κ2) is 3.90. The van der Waals surface area contributed by atoms with E-state index in [0.29, 0.717) is 18.4 Å². The summed E-state index contributed by atoms with van der Waals surface area (Å²) in [6.07, 6.45) is 4.95. The summed E-state index contributed by atoms with van der Waals surface area (Å²) in [5, 5.41) is 4.81. The molecule has 0 aromatic carbocycles. The zero-order chi connectivity index (χ0) is 13.0. The van der Waals surface area contributed by atoms with Crippen LogP contribution in [0.2, 0.25) is 0 Å². The number of aromatic nitrogens is 2. The predicted molar refractivity (Wildman–Crippen MR) is 77.2 cm³/mol. The Kier molecular flexibility index (Phi) is 2.29. The Morgan fingerprint density at radius 2 is 2.42 bits per heavy atom. The van der Waals surface area contributed by atoms with Crippen molar-refractivity contribution in [1.82, 2.24) is 9.55 Å². The van der Waals surface area contributed by atoms with Crippen LogP contribution in [-0.2, 0) is 19.4 Å². The van der Waals surface area contributed by atoms with Crippen molar-refractivity contribution in [3.63, 3.8) is 0 Å². The summed E-state index contributed by atoms with van der Waals surface area (Å²) in [6, 6.07) is 0. The molecule has 2 aromatic rings. The van der Waals surface area contributed by atoms with Crippen molar-refractivity contribution in [3.8, 4) is 0 Å². The molecular weight excluding hydrogens is 260 g/mol. The zero-order valence-electron chi connectivity index (χ0n) is 10.6. The molecule has 3 heterocycles. The molecule has 5 nitrogen and oxygen atoms in total. The van der Waals surface area contributed by atoms with E-state index in [-0.39, 0.29) is 5.56 Å². The third-order valence-corrected chi connectivity index (χ3v) is 5.08. The van der Waals surface area contributed by atoms with Crippen LogP contribution in [0.25, 0.3) is 10.2 Å². The van der Waals surface area contributed by atoms with Crippen molar-refractivity contribution < 1.29 is 0 Å². The monoisotopic (exact) mass is 274 g/mol. The maximum absolute atomic E-state index is 12.6. The Hall–Kier alpha value is -1.69. The Balaban J connectivity index is 2.03. The summed E-state index contributed by atoms with van der Waals surface area (Å²) >= 11 is 1.67. The molecule has 6 heteroatoms. The fourth-order valence-corrected chi connectivity index (χ4v) is 4.28. The molecule has 0 unspecified atom stereocenters. The van der Waals surface area contributed by atoms with E-state index in [1.54, 1.807) is 22.1 Å². The highest BCUT2D eigenvalue weighted by atomic mass is 32.1. The molecule has 4 rings (SSSR count).